The molecule has 108 valence electrons. The standard InChI is InChI=1S/C15H16N4O2/c20-15(21-19-8-6-16-7-9-19)13-10-17-14(18-11-13)12-4-2-1-3-5-12/h1-5,10-11,16H,6-9H2. The highest BCUT2D eigenvalue weighted by Crippen LogP contribution is 2.13. The highest BCUT2D eigenvalue weighted by molar-refractivity contribution is 5.88. The molecule has 2 aromatic rings. The van der Waals surface area contributed by atoms with Gasteiger partial charge in [0, 0.05) is 44.1 Å². The van der Waals surface area contributed by atoms with Crippen LogP contribution in [0.4, 0.5) is 0 Å². The van der Waals surface area contributed by atoms with Crippen LogP contribution in [0.2, 0.25) is 0 Å². The zero-order valence-electron chi connectivity index (χ0n) is 11.5. The molecule has 1 fully saturated rings. The molecule has 1 aromatic carbocycles. The molecule has 2 heterocycles. The lowest BCUT2D eigenvalue weighted by Crippen LogP contribution is -2.44. The number of carbonyl (C=O) groups is 1. The molecule has 0 unspecified atom stereocenters. The number of hydrogen-bond donors (Lipinski definition) is 1. The van der Waals surface area contributed by atoms with Gasteiger partial charge in [-0.05, 0) is 0 Å². The van der Waals surface area contributed by atoms with Crippen molar-refractivity contribution in [2.75, 3.05) is 26.2 Å². The topological polar surface area (TPSA) is 67.3 Å². The Morgan fingerprint density at radius 2 is 1.76 bits per heavy atom. The lowest BCUT2D eigenvalue weighted by Gasteiger charge is -2.25. The second kappa shape index (κ2) is 6.43. The van der Waals surface area contributed by atoms with Gasteiger partial charge in [0.25, 0.3) is 0 Å². The van der Waals surface area contributed by atoms with Crippen LogP contribution in [0.15, 0.2) is 42.7 Å². The second-order valence-corrected chi connectivity index (χ2v) is 4.72. The fourth-order valence-electron chi connectivity index (χ4n) is 2.08. The lowest BCUT2D eigenvalue weighted by atomic mass is 10.2. The average molecular weight is 284 g/mol. The molecule has 1 N–H and O–H groups in total. The molecule has 0 spiro atoms. The SMILES string of the molecule is O=C(ON1CCNCC1)c1cnc(-c2ccccc2)nc1. The molecule has 0 saturated carbocycles. The van der Waals surface area contributed by atoms with E-state index in [2.05, 4.69) is 15.3 Å². The zero-order valence-corrected chi connectivity index (χ0v) is 11.5. The van der Waals surface area contributed by atoms with E-state index in [-0.39, 0.29) is 0 Å². The quantitative estimate of drug-likeness (QED) is 0.911. The third kappa shape index (κ3) is 3.42. The number of hydrogen-bond acceptors (Lipinski definition) is 6. The summed E-state index contributed by atoms with van der Waals surface area (Å²) in [4.78, 5) is 25.7. The summed E-state index contributed by atoms with van der Waals surface area (Å²) in [5, 5.41) is 4.85. The fourth-order valence-corrected chi connectivity index (χ4v) is 2.08. The Hall–Kier alpha value is -2.31. The Labute approximate surface area is 122 Å². The zero-order chi connectivity index (χ0) is 14.5. The first-order valence-corrected chi connectivity index (χ1v) is 6.88. The van der Waals surface area contributed by atoms with Crippen molar-refractivity contribution in [3.05, 3.63) is 48.3 Å². The summed E-state index contributed by atoms with van der Waals surface area (Å²) in [6.45, 7) is 3.01. The van der Waals surface area contributed by atoms with Gasteiger partial charge in [0.15, 0.2) is 5.82 Å². The van der Waals surface area contributed by atoms with E-state index < -0.39 is 5.97 Å². The molecule has 3 rings (SSSR count). The summed E-state index contributed by atoms with van der Waals surface area (Å²) in [6.07, 6.45) is 3.00. The Bertz CT molecular complexity index is 595. The molecule has 0 atom stereocenters. The first-order chi connectivity index (χ1) is 10.3. The number of rotatable bonds is 3. The Kier molecular flexibility index (Phi) is 4.18. The molecule has 0 aliphatic carbocycles. The second-order valence-electron chi connectivity index (χ2n) is 4.72. The first-order valence-electron chi connectivity index (χ1n) is 6.88. The van der Waals surface area contributed by atoms with Gasteiger partial charge in [0.05, 0.1) is 5.56 Å². The monoisotopic (exact) mass is 284 g/mol. The van der Waals surface area contributed by atoms with E-state index in [0.29, 0.717) is 24.5 Å². The van der Waals surface area contributed by atoms with Gasteiger partial charge in [-0.2, -0.15) is 0 Å². The van der Waals surface area contributed by atoms with E-state index in [9.17, 15) is 4.79 Å². The fraction of sp³-hybridized carbons (Fsp3) is 0.267. The molecule has 21 heavy (non-hydrogen) atoms. The summed E-state index contributed by atoms with van der Waals surface area (Å²) in [5.41, 5.74) is 1.27. The Morgan fingerprint density at radius 3 is 2.43 bits per heavy atom. The van der Waals surface area contributed by atoms with Gasteiger partial charge in [0.2, 0.25) is 0 Å². The first kappa shape index (κ1) is 13.7. The molecule has 6 nitrogen and oxygen atoms in total. The molecule has 1 aliphatic heterocycles. The van der Waals surface area contributed by atoms with Crippen LogP contribution in [0, 0.1) is 0 Å². The highest BCUT2D eigenvalue weighted by Gasteiger charge is 2.17. The smallest absolute Gasteiger partial charge is 0.360 e. The van der Waals surface area contributed by atoms with E-state index in [4.69, 9.17) is 4.84 Å². The van der Waals surface area contributed by atoms with Crippen molar-refractivity contribution in [1.82, 2.24) is 20.3 Å². The Morgan fingerprint density at radius 1 is 1.10 bits per heavy atom. The van der Waals surface area contributed by atoms with Gasteiger partial charge in [-0.1, -0.05) is 30.3 Å². The number of piperazine rings is 1. The molecule has 1 saturated heterocycles. The van der Waals surface area contributed by atoms with Crippen LogP contribution in [0.5, 0.6) is 0 Å². The molecule has 1 aromatic heterocycles. The highest BCUT2D eigenvalue weighted by atomic mass is 16.7. The van der Waals surface area contributed by atoms with Crippen molar-refractivity contribution in [3.8, 4) is 11.4 Å². The van der Waals surface area contributed by atoms with Crippen molar-refractivity contribution in [2.45, 2.75) is 0 Å². The van der Waals surface area contributed by atoms with E-state index >= 15 is 0 Å². The third-order valence-electron chi connectivity index (χ3n) is 3.21. The molecule has 0 radical (unpaired) electrons. The summed E-state index contributed by atoms with van der Waals surface area (Å²) >= 11 is 0. The van der Waals surface area contributed by atoms with Crippen LogP contribution in [-0.4, -0.2) is 47.2 Å². The third-order valence-corrected chi connectivity index (χ3v) is 3.21. The predicted molar refractivity (Wildman–Crippen MR) is 77.3 cm³/mol. The van der Waals surface area contributed by atoms with Gasteiger partial charge in [-0.25, -0.2) is 14.8 Å². The van der Waals surface area contributed by atoms with Gasteiger partial charge < -0.3 is 10.2 Å². The Balaban J connectivity index is 1.67. The summed E-state index contributed by atoms with van der Waals surface area (Å²) < 4.78 is 0. The van der Waals surface area contributed by atoms with Crippen LogP contribution in [0.3, 0.4) is 0 Å². The maximum absolute atomic E-state index is 12.0. The number of benzene rings is 1. The molecular formula is C15H16N4O2. The van der Waals surface area contributed by atoms with Gasteiger partial charge in [0.1, 0.15) is 0 Å². The van der Waals surface area contributed by atoms with Crippen molar-refractivity contribution < 1.29 is 9.63 Å². The van der Waals surface area contributed by atoms with Gasteiger partial charge in [-0.3, -0.25) is 0 Å². The number of aromatic nitrogens is 2. The maximum atomic E-state index is 12.0. The molecule has 0 bridgehead atoms. The van der Waals surface area contributed by atoms with Gasteiger partial charge in [-0.15, -0.1) is 5.06 Å². The van der Waals surface area contributed by atoms with Crippen LogP contribution in [-0.2, 0) is 4.84 Å². The number of hydroxylamine groups is 2. The average Bonchev–Trinajstić information content (AvgIpc) is 2.57. The predicted octanol–water partition coefficient (Wildman–Crippen LogP) is 1.12. The minimum Gasteiger partial charge on any atom is -0.364 e. The van der Waals surface area contributed by atoms with Crippen LogP contribution >= 0.6 is 0 Å². The minimum atomic E-state index is -0.420. The van der Waals surface area contributed by atoms with Crippen LogP contribution in [0.25, 0.3) is 11.4 Å². The van der Waals surface area contributed by atoms with E-state index in [1.807, 2.05) is 30.3 Å². The van der Waals surface area contributed by atoms with Gasteiger partial charge >= 0.3 is 5.97 Å². The van der Waals surface area contributed by atoms with E-state index in [1.165, 1.54) is 12.4 Å². The number of carbonyl (C=O) groups excluding carboxylic acids is 1. The maximum Gasteiger partial charge on any atom is 0.360 e. The summed E-state index contributed by atoms with van der Waals surface area (Å²) in [7, 11) is 0. The molecule has 6 heteroatoms. The van der Waals surface area contributed by atoms with Crippen molar-refractivity contribution >= 4 is 5.97 Å². The normalized spacial score (nSPS) is 15.6. The van der Waals surface area contributed by atoms with Crippen LogP contribution in [0.1, 0.15) is 10.4 Å². The van der Waals surface area contributed by atoms with E-state index in [1.54, 1.807) is 5.06 Å². The number of nitrogens with one attached hydrogen (secondary N) is 1. The minimum absolute atomic E-state index is 0.355. The molecule has 1 aliphatic rings. The van der Waals surface area contributed by atoms with Crippen molar-refractivity contribution in [1.29, 1.82) is 0 Å². The summed E-state index contributed by atoms with van der Waals surface area (Å²) in [6, 6.07) is 9.63. The number of nitrogens with zero attached hydrogens (tertiary/aromatic N) is 3. The summed E-state index contributed by atoms with van der Waals surface area (Å²) in [5.74, 6) is 0.172. The van der Waals surface area contributed by atoms with Crippen molar-refractivity contribution in [2.24, 2.45) is 0 Å². The van der Waals surface area contributed by atoms with E-state index in [0.717, 1.165) is 18.7 Å². The lowest BCUT2D eigenvalue weighted by molar-refractivity contribution is -0.115. The van der Waals surface area contributed by atoms with Crippen LogP contribution < -0.4 is 5.32 Å². The molecule has 0 amide bonds. The molecular weight excluding hydrogens is 268 g/mol. The van der Waals surface area contributed by atoms with Crippen molar-refractivity contribution in [3.63, 3.8) is 0 Å². The largest absolute Gasteiger partial charge is 0.364 e.